The third kappa shape index (κ3) is 4.37. The molecule has 0 aliphatic carbocycles. The number of benzene rings is 1. The number of nitrogens with zero attached hydrogens (tertiary/aromatic N) is 2. The van der Waals surface area contributed by atoms with E-state index in [9.17, 15) is 13.7 Å². The van der Waals surface area contributed by atoms with Crippen LogP contribution < -0.4 is 5.32 Å². The Bertz CT molecular complexity index is 668. The van der Waals surface area contributed by atoms with Gasteiger partial charge in [-0.05, 0) is 44.5 Å². The van der Waals surface area contributed by atoms with Crippen LogP contribution >= 0.6 is 24.0 Å². The van der Waals surface area contributed by atoms with E-state index in [1.165, 1.54) is 12.1 Å². The summed E-state index contributed by atoms with van der Waals surface area (Å²) in [6.07, 6.45) is 2.29. The normalized spacial score (nSPS) is 15.9. The Balaban J connectivity index is 0.00000264. The van der Waals surface area contributed by atoms with Gasteiger partial charge in [0.1, 0.15) is 11.0 Å². The van der Waals surface area contributed by atoms with Gasteiger partial charge in [0.05, 0.1) is 10.6 Å². The van der Waals surface area contributed by atoms with Crippen LogP contribution in [0.3, 0.4) is 0 Å². The van der Waals surface area contributed by atoms with Crippen LogP contribution in [0.4, 0.5) is 0 Å². The van der Waals surface area contributed by atoms with Crippen LogP contribution in [0.15, 0.2) is 23.1 Å². The molecule has 0 spiro atoms. The van der Waals surface area contributed by atoms with Crippen molar-refractivity contribution in [1.29, 1.82) is 5.26 Å². The van der Waals surface area contributed by atoms with Crippen LogP contribution in [0, 0.1) is 11.3 Å². The van der Waals surface area contributed by atoms with Gasteiger partial charge in [-0.15, -0.1) is 12.4 Å². The summed E-state index contributed by atoms with van der Waals surface area (Å²) < 4.78 is 27.6. The fourth-order valence-electron chi connectivity index (χ4n) is 2.77. The number of nitriles is 1. The van der Waals surface area contributed by atoms with E-state index in [1.54, 1.807) is 10.4 Å². The highest BCUT2D eigenvalue weighted by atomic mass is 35.5. The molecule has 0 unspecified atom stereocenters. The molecule has 1 heterocycles. The predicted octanol–water partition coefficient (Wildman–Crippen LogP) is 2.79. The maximum atomic E-state index is 13.0. The Kier molecular flexibility index (Phi) is 7.78. The first-order valence-corrected chi connectivity index (χ1v) is 9.25. The Hall–Kier alpha value is -0.840. The van der Waals surface area contributed by atoms with Crippen molar-refractivity contribution in [3.63, 3.8) is 0 Å². The Morgan fingerprint density at radius 2 is 2.04 bits per heavy atom. The van der Waals surface area contributed by atoms with E-state index in [0.717, 1.165) is 32.4 Å². The first kappa shape index (κ1) is 20.2. The lowest BCUT2D eigenvalue weighted by Gasteiger charge is -2.33. The summed E-state index contributed by atoms with van der Waals surface area (Å²) in [5.41, 5.74) is 0.0270. The summed E-state index contributed by atoms with van der Waals surface area (Å²) in [4.78, 5) is 0.00878. The van der Waals surface area contributed by atoms with Crippen LogP contribution in [-0.2, 0) is 10.0 Å². The molecule has 1 aromatic carbocycles. The molecule has 1 saturated heterocycles. The van der Waals surface area contributed by atoms with Crippen LogP contribution in [0.1, 0.15) is 31.7 Å². The van der Waals surface area contributed by atoms with Gasteiger partial charge >= 0.3 is 0 Å². The number of hydrogen-bond donors (Lipinski definition) is 1. The molecule has 0 amide bonds. The fourth-order valence-corrected chi connectivity index (χ4v) is 4.98. The minimum Gasteiger partial charge on any atom is -0.317 e. The molecular formula is C15H21Cl2N3O2S. The van der Waals surface area contributed by atoms with Crippen molar-refractivity contribution < 1.29 is 8.42 Å². The SMILES string of the molecule is CCCN(C1CCNCC1)S(=O)(=O)c1cccc(Cl)c1C#N.Cl. The van der Waals surface area contributed by atoms with Gasteiger partial charge in [0.15, 0.2) is 0 Å². The van der Waals surface area contributed by atoms with Crippen LogP contribution in [0.5, 0.6) is 0 Å². The molecule has 5 nitrogen and oxygen atoms in total. The van der Waals surface area contributed by atoms with Crippen molar-refractivity contribution >= 4 is 34.0 Å². The molecule has 1 fully saturated rings. The molecule has 8 heteroatoms. The van der Waals surface area contributed by atoms with Crippen LogP contribution in [0.2, 0.25) is 5.02 Å². The van der Waals surface area contributed by atoms with E-state index >= 15 is 0 Å². The molecular weight excluding hydrogens is 357 g/mol. The largest absolute Gasteiger partial charge is 0.317 e. The van der Waals surface area contributed by atoms with Crippen molar-refractivity contribution in [1.82, 2.24) is 9.62 Å². The average molecular weight is 378 g/mol. The van der Waals surface area contributed by atoms with Crippen LogP contribution in [0.25, 0.3) is 0 Å². The molecule has 0 aromatic heterocycles. The molecule has 1 aliphatic heterocycles. The molecule has 1 N–H and O–H groups in total. The summed E-state index contributed by atoms with van der Waals surface area (Å²) in [6, 6.07) is 6.46. The first-order valence-electron chi connectivity index (χ1n) is 7.43. The van der Waals surface area contributed by atoms with Gasteiger partial charge in [0.2, 0.25) is 10.0 Å². The van der Waals surface area contributed by atoms with Crippen molar-refractivity contribution in [2.24, 2.45) is 0 Å². The summed E-state index contributed by atoms with van der Waals surface area (Å²) >= 11 is 5.99. The number of sulfonamides is 1. The zero-order valence-corrected chi connectivity index (χ0v) is 15.3. The van der Waals surface area contributed by atoms with Crippen LogP contribution in [-0.4, -0.2) is 38.4 Å². The van der Waals surface area contributed by atoms with Gasteiger partial charge in [-0.25, -0.2) is 8.42 Å². The van der Waals surface area contributed by atoms with Crippen molar-refractivity contribution in [3.8, 4) is 6.07 Å². The monoisotopic (exact) mass is 377 g/mol. The van der Waals surface area contributed by atoms with Gasteiger partial charge in [-0.3, -0.25) is 0 Å². The zero-order chi connectivity index (χ0) is 16.2. The maximum Gasteiger partial charge on any atom is 0.244 e. The van der Waals surface area contributed by atoms with Gasteiger partial charge in [0.25, 0.3) is 0 Å². The fraction of sp³-hybridized carbons (Fsp3) is 0.533. The highest BCUT2D eigenvalue weighted by Gasteiger charge is 2.33. The second-order valence-electron chi connectivity index (χ2n) is 5.32. The lowest BCUT2D eigenvalue weighted by atomic mass is 10.1. The molecule has 0 bridgehead atoms. The lowest BCUT2D eigenvalue weighted by molar-refractivity contribution is 0.262. The summed E-state index contributed by atoms with van der Waals surface area (Å²) in [6.45, 7) is 4.01. The molecule has 1 aliphatic rings. The predicted molar refractivity (Wildman–Crippen MR) is 93.5 cm³/mol. The topological polar surface area (TPSA) is 73.2 Å². The standard InChI is InChI=1S/C15H20ClN3O2S.ClH/c1-2-10-19(12-6-8-18-9-7-12)22(20,21)15-5-3-4-14(16)13(15)11-17;/h3-5,12,18H,2,6-10H2,1H3;1H. The number of halogens is 2. The van der Waals surface area contributed by atoms with E-state index in [1.807, 2.05) is 13.0 Å². The molecule has 23 heavy (non-hydrogen) atoms. The third-order valence-corrected chi connectivity index (χ3v) is 6.14. The summed E-state index contributed by atoms with van der Waals surface area (Å²) in [5, 5.41) is 12.7. The average Bonchev–Trinajstić information content (AvgIpc) is 2.53. The molecule has 0 saturated carbocycles. The van der Waals surface area contributed by atoms with E-state index < -0.39 is 10.0 Å². The highest BCUT2D eigenvalue weighted by Crippen LogP contribution is 2.28. The summed E-state index contributed by atoms with van der Waals surface area (Å²) in [5.74, 6) is 0. The van der Waals surface area contributed by atoms with E-state index in [4.69, 9.17) is 11.6 Å². The van der Waals surface area contributed by atoms with E-state index in [0.29, 0.717) is 6.54 Å². The number of nitrogens with one attached hydrogen (secondary N) is 1. The Morgan fingerprint density at radius 1 is 1.39 bits per heavy atom. The van der Waals surface area contributed by atoms with Crippen molar-refractivity contribution in [2.45, 2.75) is 37.1 Å². The Labute approximate surface area is 149 Å². The van der Waals surface area contributed by atoms with Crippen molar-refractivity contribution in [2.75, 3.05) is 19.6 Å². The molecule has 2 rings (SSSR count). The first-order chi connectivity index (χ1) is 10.5. The zero-order valence-electron chi connectivity index (χ0n) is 13.0. The minimum absolute atomic E-state index is 0. The number of hydrogen-bond acceptors (Lipinski definition) is 4. The summed E-state index contributed by atoms with van der Waals surface area (Å²) in [7, 11) is -3.73. The molecule has 128 valence electrons. The quantitative estimate of drug-likeness (QED) is 0.855. The number of piperidine rings is 1. The lowest BCUT2D eigenvalue weighted by Crippen LogP contribution is -2.46. The van der Waals surface area contributed by atoms with Gasteiger partial charge in [-0.1, -0.05) is 24.6 Å². The number of rotatable bonds is 5. The highest BCUT2D eigenvalue weighted by molar-refractivity contribution is 7.89. The minimum atomic E-state index is -3.73. The second kappa shape index (κ2) is 8.86. The molecule has 0 radical (unpaired) electrons. The van der Waals surface area contributed by atoms with Gasteiger partial charge < -0.3 is 5.32 Å². The third-order valence-electron chi connectivity index (χ3n) is 3.83. The van der Waals surface area contributed by atoms with Crippen molar-refractivity contribution in [3.05, 3.63) is 28.8 Å². The smallest absolute Gasteiger partial charge is 0.244 e. The molecule has 1 aromatic rings. The van der Waals surface area contributed by atoms with Gasteiger partial charge in [-0.2, -0.15) is 9.57 Å². The van der Waals surface area contributed by atoms with E-state index in [2.05, 4.69) is 5.32 Å². The second-order valence-corrected chi connectivity index (χ2v) is 7.59. The van der Waals surface area contributed by atoms with E-state index in [-0.39, 0.29) is 33.9 Å². The van der Waals surface area contributed by atoms with Gasteiger partial charge in [0, 0.05) is 12.6 Å². The maximum absolute atomic E-state index is 13.0. The Morgan fingerprint density at radius 3 is 2.61 bits per heavy atom. The molecule has 0 atom stereocenters.